The van der Waals surface area contributed by atoms with Gasteiger partial charge in [0.25, 0.3) is 5.91 Å². The van der Waals surface area contributed by atoms with Crippen LogP contribution in [-0.2, 0) is 15.3 Å². The Bertz CT molecular complexity index is 393. The van der Waals surface area contributed by atoms with E-state index in [1.165, 1.54) is 5.56 Å². The van der Waals surface area contributed by atoms with Crippen molar-refractivity contribution >= 4 is 17.7 Å². The van der Waals surface area contributed by atoms with Crippen molar-refractivity contribution in [3.05, 3.63) is 35.9 Å². The van der Waals surface area contributed by atoms with Crippen LogP contribution in [0.2, 0.25) is 0 Å². The zero-order valence-corrected chi connectivity index (χ0v) is 11.6. The van der Waals surface area contributed by atoms with Crippen molar-refractivity contribution in [2.24, 2.45) is 0 Å². The molecule has 4 nitrogen and oxygen atoms in total. The summed E-state index contributed by atoms with van der Waals surface area (Å²) in [6.45, 7) is 2.30. The van der Waals surface area contributed by atoms with Crippen molar-refractivity contribution in [1.82, 2.24) is 4.90 Å². The maximum atomic E-state index is 11.9. The van der Waals surface area contributed by atoms with E-state index in [4.69, 9.17) is 4.74 Å². The van der Waals surface area contributed by atoms with Crippen molar-refractivity contribution in [2.75, 3.05) is 32.1 Å². The molecule has 19 heavy (non-hydrogen) atoms. The van der Waals surface area contributed by atoms with E-state index in [1.54, 1.807) is 16.7 Å². The number of morpholine rings is 1. The second kappa shape index (κ2) is 7.53. The molecule has 1 aromatic rings. The molecule has 1 saturated heterocycles. The molecule has 1 heterocycles. The molecule has 1 aliphatic rings. The maximum Gasteiger partial charge on any atom is 0.252 e. The summed E-state index contributed by atoms with van der Waals surface area (Å²) in [7, 11) is 0. The van der Waals surface area contributed by atoms with E-state index in [0.29, 0.717) is 32.1 Å². The van der Waals surface area contributed by atoms with Crippen LogP contribution < -0.4 is 0 Å². The highest BCUT2D eigenvalue weighted by Gasteiger charge is 2.23. The van der Waals surface area contributed by atoms with Crippen LogP contribution in [0.15, 0.2) is 30.3 Å². The largest absolute Gasteiger partial charge is 0.382 e. The molecule has 0 saturated carbocycles. The molecule has 0 aromatic heterocycles. The van der Waals surface area contributed by atoms with Crippen LogP contribution in [-0.4, -0.2) is 54.1 Å². The van der Waals surface area contributed by atoms with Crippen molar-refractivity contribution in [1.29, 1.82) is 0 Å². The molecule has 104 valence electrons. The van der Waals surface area contributed by atoms with Crippen molar-refractivity contribution in [3.8, 4) is 0 Å². The molecule has 1 N–H and O–H groups in total. The third-order valence-electron chi connectivity index (χ3n) is 3.00. The number of carbonyl (C=O) groups is 1. The van der Waals surface area contributed by atoms with Gasteiger partial charge in [-0.05, 0) is 5.56 Å². The summed E-state index contributed by atoms with van der Waals surface area (Å²) in [6, 6.07) is 10.0. The van der Waals surface area contributed by atoms with Gasteiger partial charge in [0, 0.05) is 24.6 Å². The molecule has 0 spiro atoms. The van der Waals surface area contributed by atoms with Gasteiger partial charge in [-0.25, -0.2) is 0 Å². The minimum Gasteiger partial charge on any atom is -0.382 e. The molecule has 0 radical (unpaired) electrons. The summed E-state index contributed by atoms with van der Waals surface area (Å²) in [6.07, 6.45) is -0.910. The number of nitrogens with zero attached hydrogens (tertiary/aromatic N) is 1. The summed E-state index contributed by atoms with van der Waals surface area (Å²) >= 11 is 1.58. The summed E-state index contributed by atoms with van der Waals surface area (Å²) in [5.41, 5.74) is 1.21. The summed E-state index contributed by atoms with van der Waals surface area (Å²) < 4.78 is 5.19. The number of hydrogen-bond donors (Lipinski definition) is 1. The lowest BCUT2D eigenvalue weighted by Gasteiger charge is -2.28. The van der Waals surface area contributed by atoms with E-state index < -0.39 is 6.10 Å². The molecule has 2 rings (SSSR count). The zero-order valence-electron chi connectivity index (χ0n) is 10.8. The van der Waals surface area contributed by atoms with E-state index in [-0.39, 0.29) is 5.91 Å². The first kappa shape index (κ1) is 14.4. The Balaban J connectivity index is 1.71. The Kier molecular flexibility index (Phi) is 5.69. The first-order valence-electron chi connectivity index (χ1n) is 6.43. The van der Waals surface area contributed by atoms with E-state index in [0.717, 1.165) is 5.75 Å². The van der Waals surface area contributed by atoms with Gasteiger partial charge in [-0.2, -0.15) is 11.8 Å². The number of carbonyl (C=O) groups excluding carboxylic acids is 1. The Morgan fingerprint density at radius 2 is 2.00 bits per heavy atom. The summed E-state index contributed by atoms with van der Waals surface area (Å²) in [5, 5.41) is 9.90. The van der Waals surface area contributed by atoms with Gasteiger partial charge in [-0.3, -0.25) is 4.79 Å². The Hall–Kier alpha value is -1.04. The fourth-order valence-corrected chi connectivity index (χ4v) is 2.84. The fourth-order valence-electron chi connectivity index (χ4n) is 1.93. The smallest absolute Gasteiger partial charge is 0.252 e. The van der Waals surface area contributed by atoms with Gasteiger partial charge in [0.1, 0.15) is 6.10 Å². The lowest BCUT2D eigenvalue weighted by Crippen LogP contribution is -2.46. The van der Waals surface area contributed by atoms with Crippen molar-refractivity contribution in [2.45, 2.75) is 11.9 Å². The number of ether oxygens (including phenoxy) is 1. The van der Waals surface area contributed by atoms with Crippen LogP contribution in [0.3, 0.4) is 0 Å². The molecule has 1 fully saturated rings. The van der Waals surface area contributed by atoms with Crippen LogP contribution >= 0.6 is 11.8 Å². The molecule has 1 atom stereocenters. The molecule has 0 bridgehead atoms. The normalized spacial score (nSPS) is 17.2. The molecular formula is C14H19NO3S. The predicted octanol–water partition coefficient (Wildman–Crippen LogP) is 1.14. The first-order chi connectivity index (χ1) is 9.27. The minimum atomic E-state index is -0.910. The van der Waals surface area contributed by atoms with Crippen LogP contribution in [0.5, 0.6) is 0 Å². The van der Waals surface area contributed by atoms with Crippen LogP contribution in [0.4, 0.5) is 0 Å². The van der Waals surface area contributed by atoms with E-state index in [2.05, 4.69) is 0 Å². The quantitative estimate of drug-likeness (QED) is 0.879. The van der Waals surface area contributed by atoms with Crippen LogP contribution in [0, 0.1) is 0 Å². The number of thioether (sulfide) groups is 1. The van der Waals surface area contributed by atoms with E-state index >= 15 is 0 Å². The monoisotopic (exact) mass is 281 g/mol. The van der Waals surface area contributed by atoms with Gasteiger partial charge in [-0.15, -0.1) is 0 Å². The van der Waals surface area contributed by atoms with Crippen molar-refractivity contribution in [3.63, 3.8) is 0 Å². The summed E-state index contributed by atoms with van der Waals surface area (Å²) in [5.74, 6) is 1.07. The highest BCUT2D eigenvalue weighted by Crippen LogP contribution is 2.14. The molecule has 1 aromatic carbocycles. The second-order valence-corrected chi connectivity index (χ2v) is 5.48. The Morgan fingerprint density at radius 1 is 1.32 bits per heavy atom. The number of rotatable bonds is 5. The lowest BCUT2D eigenvalue weighted by molar-refractivity contribution is -0.143. The molecule has 5 heteroatoms. The highest BCUT2D eigenvalue weighted by atomic mass is 32.2. The Labute approximate surface area is 117 Å². The molecule has 1 unspecified atom stereocenters. The lowest BCUT2D eigenvalue weighted by atomic mass is 10.2. The number of hydrogen-bond acceptors (Lipinski definition) is 4. The fraction of sp³-hybridized carbons (Fsp3) is 0.500. The number of aliphatic hydroxyl groups excluding tert-OH is 1. The van der Waals surface area contributed by atoms with E-state index in [1.807, 2.05) is 30.3 Å². The zero-order chi connectivity index (χ0) is 13.5. The maximum absolute atomic E-state index is 11.9. The van der Waals surface area contributed by atoms with Gasteiger partial charge in [0.05, 0.1) is 13.2 Å². The third kappa shape index (κ3) is 4.53. The molecule has 0 aliphatic carbocycles. The summed E-state index contributed by atoms with van der Waals surface area (Å²) in [4.78, 5) is 13.6. The van der Waals surface area contributed by atoms with Crippen molar-refractivity contribution < 1.29 is 14.6 Å². The second-order valence-electron chi connectivity index (χ2n) is 4.45. The van der Waals surface area contributed by atoms with E-state index in [9.17, 15) is 9.90 Å². The standard InChI is InChI=1S/C14H19NO3S/c16-13(14(17)15-6-8-18-9-7-15)11-19-10-12-4-2-1-3-5-12/h1-5,13,16H,6-11H2. The molecule has 1 amide bonds. The first-order valence-corrected chi connectivity index (χ1v) is 7.59. The van der Waals surface area contributed by atoms with Crippen LogP contribution in [0.1, 0.15) is 5.56 Å². The third-order valence-corrected chi connectivity index (χ3v) is 4.08. The average molecular weight is 281 g/mol. The number of amides is 1. The number of aliphatic hydroxyl groups is 1. The van der Waals surface area contributed by atoms with Gasteiger partial charge in [0.15, 0.2) is 0 Å². The van der Waals surface area contributed by atoms with Gasteiger partial charge < -0.3 is 14.7 Å². The van der Waals surface area contributed by atoms with Gasteiger partial charge in [-0.1, -0.05) is 30.3 Å². The average Bonchev–Trinajstić information content (AvgIpc) is 2.48. The Morgan fingerprint density at radius 3 is 2.68 bits per heavy atom. The molecule has 1 aliphatic heterocycles. The number of benzene rings is 1. The van der Waals surface area contributed by atoms with Gasteiger partial charge >= 0.3 is 0 Å². The molecular weight excluding hydrogens is 262 g/mol. The van der Waals surface area contributed by atoms with Crippen LogP contribution in [0.25, 0.3) is 0 Å². The SMILES string of the molecule is O=C(C(O)CSCc1ccccc1)N1CCOCC1. The highest BCUT2D eigenvalue weighted by molar-refractivity contribution is 7.98. The van der Waals surface area contributed by atoms with Gasteiger partial charge in [0.2, 0.25) is 0 Å². The topological polar surface area (TPSA) is 49.8 Å². The minimum absolute atomic E-state index is 0.177. The predicted molar refractivity (Wildman–Crippen MR) is 76.0 cm³/mol.